The third kappa shape index (κ3) is 3.11. The van der Waals surface area contributed by atoms with Crippen molar-refractivity contribution in [3.8, 4) is 0 Å². The number of morpholine rings is 1. The summed E-state index contributed by atoms with van der Waals surface area (Å²) in [5.74, 6) is -0.260. The zero-order valence-electron chi connectivity index (χ0n) is 11.4. The van der Waals surface area contributed by atoms with E-state index in [-0.39, 0.29) is 11.6 Å². The summed E-state index contributed by atoms with van der Waals surface area (Å²) in [6.07, 6.45) is 1.28. The number of rotatable bonds is 4. The Morgan fingerprint density at radius 3 is 2.75 bits per heavy atom. The summed E-state index contributed by atoms with van der Waals surface area (Å²) in [6.45, 7) is 5.57. The fraction of sp³-hybridized carbons (Fsp3) is 0.636. The maximum atomic E-state index is 12.1. The van der Waals surface area contributed by atoms with Crippen molar-refractivity contribution in [1.82, 2.24) is 20.2 Å². The van der Waals surface area contributed by atoms with Gasteiger partial charge in [-0.25, -0.2) is 5.01 Å². The Morgan fingerprint density at radius 1 is 1.55 bits per heavy atom. The molecular weight excluding hydrogens is 266 g/mol. The number of hydrazine groups is 1. The molecule has 1 aromatic heterocycles. The Balaban J connectivity index is 2.02. The maximum absolute atomic E-state index is 12.1. The molecule has 1 aliphatic rings. The van der Waals surface area contributed by atoms with Gasteiger partial charge in [0.25, 0.3) is 5.91 Å². The fourth-order valence-corrected chi connectivity index (χ4v) is 1.89. The van der Waals surface area contributed by atoms with Gasteiger partial charge >= 0.3 is 5.69 Å². The van der Waals surface area contributed by atoms with Crippen LogP contribution in [-0.2, 0) is 9.53 Å². The highest BCUT2D eigenvalue weighted by Crippen LogP contribution is 2.18. The van der Waals surface area contributed by atoms with Crippen LogP contribution in [0, 0.1) is 17.0 Å². The minimum absolute atomic E-state index is 0.0870. The summed E-state index contributed by atoms with van der Waals surface area (Å²) < 4.78 is 6.50. The maximum Gasteiger partial charge on any atom is 0.309 e. The Labute approximate surface area is 115 Å². The summed E-state index contributed by atoms with van der Waals surface area (Å²) >= 11 is 0. The molecule has 1 N–H and O–H groups in total. The molecule has 0 radical (unpaired) electrons. The van der Waals surface area contributed by atoms with Crippen LogP contribution in [-0.4, -0.2) is 51.9 Å². The lowest BCUT2D eigenvalue weighted by atomic mass is 10.3. The number of nitrogens with zero attached hydrogens (tertiary/aromatic N) is 4. The molecule has 0 spiro atoms. The minimum atomic E-state index is -0.620. The molecule has 110 valence electrons. The predicted molar refractivity (Wildman–Crippen MR) is 68.9 cm³/mol. The van der Waals surface area contributed by atoms with Crippen molar-refractivity contribution >= 4 is 11.6 Å². The molecule has 1 fully saturated rings. The van der Waals surface area contributed by atoms with Crippen LogP contribution >= 0.6 is 0 Å². The van der Waals surface area contributed by atoms with Crippen LogP contribution in [0.15, 0.2) is 6.20 Å². The van der Waals surface area contributed by atoms with Gasteiger partial charge in [-0.1, -0.05) is 0 Å². The Kier molecular flexibility index (Phi) is 4.30. The Bertz CT molecular complexity index is 509. The molecule has 2 rings (SSSR count). The monoisotopic (exact) mass is 283 g/mol. The van der Waals surface area contributed by atoms with E-state index in [2.05, 4.69) is 10.5 Å². The van der Waals surface area contributed by atoms with Crippen LogP contribution < -0.4 is 5.43 Å². The number of nitrogens with one attached hydrogen (secondary N) is 1. The first-order valence-corrected chi connectivity index (χ1v) is 6.32. The van der Waals surface area contributed by atoms with Gasteiger partial charge in [0.05, 0.1) is 18.1 Å². The third-order valence-electron chi connectivity index (χ3n) is 3.14. The number of hydrogen-bond donors (Lipinski definition) is 1. The van der Waals surface area contributed by atoms with E-state index in [1.54, 1.807) is 18.9 Å². The normalized spacial score (nSPS) is 17.7. The number of amides is 1. The molecule has 0 bridgehead atoms. The van der Waals surface area contributed by atoms with Gasteiger partial charge in [-0.3, -0.25) is 25.0 Å². The summed E-state index contributed by atoms with van der Waals surface area (Å²) in [4.78, 5) is 22.3. The van der Waals surface area contributed by atoms with Crippen LogP contribution in [0.25, 0.3) is 0 Å². The lowest BCUT2D eigenvalue weighted by molar-refractivity contribution is -0.385. The number of carbonyl (C=O) groups excluding carboxylic acids is 1. The fourth-order valence-electron chi connectivity index (χ4n) is 1.89. The van der Waals surface area contributed by atoms with Gasteiger partial charge in [0, 0.05) is 13.1 Å². The van der Waals surface area contributed by atoms with E-state index in [0.29, 0.717) is 32.0 Å². The molecule has 9 heteroatoms. The smallest absolute Gasteiger partial charge is 0.309 e. The molecule has 1 aliphatic heterocycles. The van der Waals surface area contributed by atoms with E-state index in [1.165, 1.54) is 10.9 Å². The van der Waals surface area contributed by atoms with Crippen molar-refractivity contribution in [1.29, 1.82) is 0 Å². The van der Waals surface area contributed by atoms with E-state index < -0.39 is 11.0 Å². The molecule has 20 heavy (non-hydrogen) atoms. The molecule has 1 aromatic rings. The first-order chi connectivity index (χ1) is 9.49. The van der Waals surface area contributed by atoms with Crippen molar-refractivity contribution in [2.75, 3.05) is 26.3 Å². The number of aryl methyl sites for hydroxylation is 1. The number of hydrogen-bond acceptors (Lipinski definition) is 6. The minimum Gasteiger partial charge on any atom is -0.379 e. The number of nitro groups is 1. The lowest BCUT2D eigenvalue weighted by Crippen LogP contribution is -2.50. The van der Waals surface area contributed by atoms with Gasteiger partial charge in [-0.05, 0) is 13.8 Å². The Morgan fingerprint density at radius 2 is 2.20 bits per heavy atom. The summed E-state index contributed by atoms with van der Waals surface area (Å²) in [5.41, 5.74) is 2.96. The molecule has 1 atom stereocenters. The van der Waals surface area contributed by atoms with E-state index in [9.17, 15) is 14.9 Å². The van der Waals surface area contributed by atoms with Gasteiger partial charge in [0.1, 0.15) is 17.9 Å². The second-order valence-electron chi connectivity index (χ2n) is 4.59. The van der Waals surface area contributed by atoms with Gasteiger partial charge in [-0.2, -0.15) is 5.10 Å². The van der Waals surface area contributed by atoms with Crippen LogP contribution in [0.1, 0.15) is 18.7 Å². The lowest BCUT2D eigenvalue weighted by Gasteiger charge is -2.28. The molecule has 0 aliphatic carbocycles. The first kappa shape index (κ1) is 14.4. The van der Waals surface area contributed by atoms with Crippen molar-refractivity contribution in [3.63, 3.8) is 0 Å². The number of ether oxygens (including phenoxy) is 1. The molecule has 2 heterocycles. The number of aromatic nitrogens is 2. The topological polar surface area (TPSA) is 103 Å². The van der Waals surface area contributed by atoms with Gasteiger partial charge in [-0.15, -0.1) is 0 Å². The van der Waals surface area contributed by atoms with Gasteiger partial charge in [0.15, 0.2) is 0 Å². The summed E-state index contributed by atoms with van der Waals surface area (Å²) in [7, 11) is 0. The Hall–Kier alpha value is -2.00. The molecule has 0 saturated carbocycles. The average molecular weight is 283 g/mol. The highest BCUT2D eigenvalue weighted by Gasteiger charge is 2.23. The second kappa shape index (κ2) is 5.97. The van der Waals surface area contributed by atoms with E-state index in [4.69, 9.17) is 4.74 Å². The SMILES string of the molecule is Cc1nn(C(C)C(=O)NN2CCOCC2)cc1[N+](=O)[O-]. The standard InChI is InChI=1S/C11H17N5O4/c1-8-10(16(18)19)7-15(12-8)9(2)11(17)13-14-3-5-20-6-4-14/h7,9H,3-6H2,1-2H3,(H,13,17). The highest BCUT2D eigenvalue weighted by atomic mass is 16.6. The van der Waals surface area contributed by atoms with Crippen molar-refractivity contribution in [2.24, 2.45) is 0 Å². The first-order valence-electron chi connectivity index (χ1n) is 6.32. The van der Waals surface area contributed by atoms with Gasteiger partial charge < -0.3 is 4.74 Å². The highest BCUT2D eigenvalue weighted by molar-refractivity contribution is 5.79. The quantitative estimate of drug-likeness (QED) is 0.617. The van der Waals surface area contributed by atoms with Crippen molar-refractivity contribution in [2.45, 2.75) is 19.9 Å². The average Bonchev–Trinajstić information content (AvgIpc) is 2.81. The summed E-state index contributed by atoms with van der Waals surface area (Å²) in [6, 6.07) is -0.620. The molecule has 9 nitrogen and oxygen atoms in total. The third-order valence-corrected chi connectivity index (χ3v) is 3.14. The van der Waals surface area contributed by atoms with Crippen LogP contribution in [0.3, 0.4) is 0 Å². The molecule has 1 saturated heterocycles. The van der Waals surface area contributed by atoms with Crippen molar-refractivity contribution in [3.05, 3.63) is 22.0 Å². The molecule has 0 aromatic carbocycles. The van der Waals surface area contributed by atoms with E-state index >= 15 is 0 Å². The van der Waals surface area contributed by atoms with Crippen LogP contribution in [0.4, 0.5) is 5.69 Å². The molecular formula is C11H17N5O4. The molecule has 1 amide bonds. The zero-order chi connectivity index (χ0) is 14.7. The largest absolute Gasteiger partial charge is 0.379 e. The predicted octanol–water partition coefficient (Wildman–Crippen LogP) is 0.0241. The second-order valence-corrected chi connectivity index (χ2v) is 4.59. The molecule has 1 unspecified atom stereocenters. The number of carbonyl (C=O) groups is 1. The van der Waals surface area contributed by atoms with E-state index in [1.807, 2.05) is 0 Å². The summed E-state index contributed by atoms with van der Waals surface area (Å²) in [5, 5.41) is 16.6. The van der Waals surface area contributed by atoms with Crippen molar-refractivity contribution < 1.29 is 14.5 Å². The van der Waals surface area contributed by atoms with E-state index in [0.717, 1.165) is 0 Å². The van der Waals surface area contributed by atoms with Crippen LogP contribution in [0.5, 0.6) is 0 Å². The van der Waals surface area contributed by atoms with Gasteiger partial charge in [0.2, 0.25) is 0 Å². The zero-order valence-corrected chi connectivity index (χ0v) is 11.4. The van der Waals surface area contributed by atoms with Crippen LogP contribution in [0.2, 0.25) is 0 Å².